The van der Waals surface area contributed by atoms with E-state index in [4.69, 9.17) is 11.6 Å². The van der Waals surface area contributed by atoms with Crippen molar-refractivity contribution in [2.24, 2.45) is 0 Å². The van der Waals surface area contributed by atoms with Gasteiger partial charge in [0.15, 0.2) is 0 Å². The van der Waals surface area contributed by atoms with Crippen molar-refractivity contribution >= 4 is 29.3 Å². The van der Waals surface area contributed by atoms with Crippen LogP contribution in [-0.2, 0) is 11.3 Å². The van der Waals surface area contributed by atoms with Gasteiger partial charge in [-0.2, -0.15) is 0 Å². The molecule has 1 aliphatic rings. The van der Waals surface area contributed by atoms with E-state index in [-0.39, 0.29) is 22.6 Å². The number of rotatable bonds is 6. The first-order valence-corrected chi connectivity index (χ1v) is 8.17. The van der Waals surface area contributed by atoms with Gasteiger partial charge in [0.2, 0.25) is 5.91 Å². The van der Waals surface area contributed by atoms with Crippen molar-refractivity contribution in [1.29, 1.82) is 0 Å². The minimum atomic E-state index is -0.755. The van der Waals surface area contributed by atoms with Crippen molar-refractivity contribution in [2.75, 3.05) is 5.75 Å². The van der Waals surface area contributed by atoms with Crippen LogP contribution in [-0.4, -0.2) is 34.0 Å². The molecular formula is C13H17ClN4O3S. The van der Waals surface area contributed by atoms with Gasteiger partial charge in [-0.25, -0.2) is 10.9 Å². The Balaban J connectivity index is 1.75. The molecule has 1 saturated heterocycles. The van der Waals surface area contributed by atoms with Crippen molar-refractivity contribution in [1.82, 2.24) is 16.2 Å². The first-order valence-electron chi connectivity index (χ1n) is 6.74. The van der Waals surface area contributed by atoms with Crippen molar-refractivity contribution < 1.29 is 9.72 Å². The molecule has 2 rings (SSSR count). The maximum absolute atomic E-state index is 11.8. The number of nitrogens with zero attached hydrogens (tertiary/aromatic N) is 1. The molecule has 7 nitrogen and oxygen atoms in total. The standard InChI is InChI=1S/C13H17ClN4O3S/c1-8-12(18(20)21)13(17-16-8)22-7-11(19)15-6-9-2-4-10(14)5-3-9/h2-5,8,12-13,16-17H,6-7H2,1H3,(H,15,19). The van der Waals surface area contributed by atoms with Crippen LogP contribution in [0, 0.1) is 10.1 Å². The number of hydrazine groups is 1. The molecule has 1 aromatic rings. The Morgan fingerprint density at radius 3 is 2.73 bits per heavy atom. The third kappa shape index (κ3) is 4.57. The molecule has 3 N–H and O–H groups in total. The highest BCUT2D eigenvalue weighted by atomic mass is 35.5. The summed E-state index contributed by atoms with van der Waals surface area (Å²) in [5.74, 6) is -0.00678. The average Bonchev–Trinajstić information content (AvgIpc) is 2.85. The quantitative estimate of drug-likeness (QED) is 0.529. The van der Waals surface area contributed by atoms with Crippen LogP contribution < -0.4 is 16.2 Å². The van der Waals surface area contributed by atoms with E-state index in [1.54, 1.807) is 19.1 Å². The zero-order valence-electron chi connectivity index (χ0n) is 11.9. The van der Waals surface area contributed by atoms with E-state index in [0.29, 0.717) is 11.6 Å². The summed E-state index contributed by atoms with van der Waals surface area (Å²) in [6.07, 6.45) is 0. The van der Waals surface area contributed by atoms with Crippen molar-refractivity contribution in [3.05, 3.63) is 45.0 Å². The van der Waals surface area contributed by atoms with Gasteiger partial charge in [0.25, 0.3) is 6.04 Å². The second-order valence-corrected chi connectivity index (χ2v) is 6.55. The zero-order valence-corrected chi connectivity index (χ0v) is 13.5. The molecule has 1 aromatic carbocycles. The summed E-state index contributed by atoms with van der Waals surface area (Å²) in [5.41, 5.74) is 6.63. The maximum Gasteiger partial charge on any atom is 0.254 e. The fourth-order valence-electron chi connectivity index (χ4n) is 2.10. The SMILES string of the molecule is CC1NNC(SCC(=O)NCc2ccc(Cl)cc2)C1[N+](=O)[O-]. The topological polar surface area (TPSA) is 96.3 Å². The summed E-state index contributed by atoms with van der Waals surface area (Å²) >= 11 is 7.01. The highest BCUT2D eigenvalue weighted by Gasteiger charge is 2.42. The van der Waals surface area contributed by atoms with E-state index in [2.05, 4.69) is 16.2 Å². The first-order chi connectivity index (χ1) is 10.5. The number of thioether (sulfide) groups is 1. The van der Waals surface area contributed by atoms with Crippen molar-refractivity contribution in [3.63, 3.8) is 0 Å². The Morgan fingerprint density at radius 1 is 1.41 bits per heavy atom. The Bertz CT molecular complexity index is 543. The molecule has 0 bridgehead atoms. The molecule has 3 unspecified atom stereocenters. The molecule has 1 heterocycles. The molecule has 0 spiro atoms. The van der Waals surface area contributed by atoms with Crippen LogP contribution in [0.5, 0.6) is 0 Å². The number of nitro groups is 1. The fraction of sp³-hybridized carbons (Fsp3) is 0.462. The molecule has 1 amide bonds. The van der Waals surface area contributed by atoms with Gasteiger partial charge in [-0.15, -0.1) is 11.8 Å². The summed E-state index contributed by atoms with van der Waals surface area (Å²) in [6, 6.07) is 6.16. The largest absolute Gasteiger partial charge is 0.351 e. The molecule has 0 aromatic heterocycles. The Hall–Kier alpha value is -1.35. The van der Waals surface area contributed by atoms with E-state index in [9.17, 15) is 14.9 Å². The number of carbonyl (C=O) groups is 1. The molecule has 1 fully saturated rings. The summed E-state index contributed by atoms with van der Waals surface area (Å²) in [5, 5.41) is 14.0. The van der Waals surface area contributed by atoms with Gasteiger partial charge in [-0.05, 0) is 24.6 Å². The van der Waals surface area contributed by atoms with E-state index >= 15 is 0 Å². The number of halogens is 1. The number of amides is 1. The van der Waals surface area contributed by atoms with E-state index in [1.807, 2.05) is 12.1 Å². The van der Waals surface area contributed by atoms with E-state index < -0.39 is 11.4 Å². The van der Waals surface area contributed by atoms with Gasteiger partial charge in [0.1, 0.15) is 5.37 Å². The normalized spacial score (nSPS) is 24.2. The van der Waals surface area contributed by atoms with Crippen LogP contribution in [0.2, 0.25) is 5.02 Å². The number of hydrogen-bond donors (Lipinski definition) is 3. The highest BCUT2D eigenvalue weighted by molar-refractivity contribution is 8.00. The van der Waals surface area contributed by atoms with Gasteiger partial charge in [-0.3, -0.25) is 14.9 Å². The lowest BCUT2D eigenvalue weighted by molar-refractivity contribution is -0.521. The maximum atomic E-state index is 11.8. The minimum absolute atomic E-state index is 0.157. The number of nitrogens with one attached hydrogen (secondary N) is 3. The predicted octanol–water partition coefficient (Wildman–Crippen LogP) is 1.16. The monoisotopic (exact) mass is 344 g/mol. The van der Waals surface area contributed by atoms with Gasteiger partial charge in [0.05, 0.1) is 11.8 Å². The Morgan fingerprint density at radius 2 is 2.09 bits per heavy atom. The van der Waals surface area contributed by atoms with Gasteiger partial charge in [-0.1, -0.05) is 23.7 Å². The van der Waals surface area contributed by atoms with E-state index in [0.717, 1.165) is 5.56 Å². The lowest BCUT2D eigenvalue weighted by Gasteiger charge is -2.13. The molecule has 1 aliphatic heterocycles. The molecule has 22 heavy (non-hydrogen) atoms. The zero-order chi connectivity index (χ0) is 16.1. The predicted molar refractivity (Wildman–Crippen MR) is 86.1 cm³/mol. The van der Waals surface area contributed by atoms with Crippen molar-refractivity contribution in [2.45, 2.75) is 30.9 Å². The van der Waals surface area contributed by atoms with Gasteiger partial charge >= 0.3 is 0 Å². The van der Waals surface area contributed by atoms with E-state index in [1.165, 1.54) is 11.8 Å². The molecular weight excluding hydrogens is 328 g/mol. The molecule has 3 atom stereocenters. The summed E-state index contributed by atoms with van der Waals surface area (Å²) in [4.78, 5) is 22.5. The van der Waals surface area contributed by atoms with Crippen LogP contribution >= 0.6 is 23.4 Å². The number of carbonyl (C=O) groups excluding carboxylic acids is 1. The Labute approximate surface area is 137 Å². The molecule has 0 radical (unpaired) electrons. The Kier molecular flexibility index (Phi) is 6.01. The lowest BCUT2D eigenvalue weighted by atomic mass is 10.2. The third-order valence-electron chi connectivity index (χ3n) is 3.32. The van der Waals surface area contributed by atoms with Gasteiger partial charge in [0, 0.05) is 16.5 Å². The van der Waals surface area contributed by atoms with Crippen molar-refractivity contribution in [3.8, 4) is 0 Å². The lowest BCUT2D eigenvalue weighted by Crippen LogP contribution is -2.38. The summed E-state index contributed by atoms with van der Waals surface area (Å²) in [6.45, 7) is 2.14. The number of benzene rings is 1. The highest BCUT2D eigenvalue weighted by Crippen LogP contribution is 2.20. The molecule has 9 heteroatoms. The van der Waals surface area contributed by atoms with Crippen LogP contribution in [0.4, 0.5) is 0 Å². The second-order valence-electron chi connectivity index (χ2n) is 4.99. The summed E-state index contributed by atoms with van der Waals surface area (Å²) in [7, 11) is 0. The smallest absolute Gasteiger partial charge is 0.254 e. The second kappa shape index (κ2) is 7.77. The fourth-order valence-corrected chi connectivity index (χ4v) is 3.34. The molecule has 120 valence electrons. The molecule has 0 saturated carbocycles. The van der Waals surface area contributed by atoms with Crippen LogP contribution in [0.15, 0.2) is 24.3 Å². The summed E-state index contributed by atoms with van der Waals surface area (Å²) < 4.78 is 0. The number of hydrogen-bond acceptors (Lipinski definition) is 6. The first kappa shape index (κ1) is 17.0. The minimum Gasteiger partial charge on any atom is -0.351 e. The third-order valence-corrected chi connectivity index (χ3v) is 4.75. The van der Waals surface area contributed by atoms with Crippen LogP contribution in [0.25, 0.3) is 0 Å². The average molecular weight is 345 g/mol. The van der Waals surface area contributed by atoms with Gasteiger partial charge < -0.3 is 5.32 Å². The van der Waals surface area contributed by atoms with Crippen LogP contribution in [0.3, 0.4) is 0 Å². The van der Waals surface area contributed by atoms with Crippen LogP contribution in [0.1, 0.15) is 12.5 Å². The molecule has 0 aliphatic carbocycles.